The van der Waals surface area contributed by atoms with E-state index < -0.39 is 22.1 Å². The molecule has 1 aliphatic heterocycles. The third-order valence-corrected chi connectivity index (χ3v) is 6.99. The monoisotopic (exact) mass is 430 g/mol. The van der Waals surface area contributed by atoms with E-state index in [1.807, 2.05) is 37.3 Å². The number of hydrogen-bond acceptors (Lipinski definition) is 5. The van der Waals surface area contributed by atoms with Crippen LogP contribution in [0, 0.1) is 0 Å². The van der Waals surface area contributed by atoms with Gasteiger partial charge in [-0.3, -0.25) is 4.79 Å². The summed E-state index contributed by atoms with van der Waals surface area (Å²) in [6.07, 6.45) is 0.728. The summed E-state index contributed by atoms with van der Waals surface area (Å²) in [5, 5.41) is 0. The second-order valence-electron chi connectivity index (χ2n) is 7.10. The van der Waals surface area contributed by atoms with E-state index in [0.717, 1.165) is 18.5 Å². The van der Waals surface area contributed by atoms with Gasteiger partial charge in [0.05, 0.1) is 10.5 Å². The summed E-state index contributed by atoms with van der Waals surface area (Å²) in [7, 11) is -3.54. The van der Waals surface area contributed by atoms with Gasteiger partial charge in [-0.2, -0.15) is 4.31 Å². The number of nitrogens with zero attached hydrogens (tertiary/aromatic N) is 2. The largest absolute Gasteiger partial charge is 0.449 e. The molecule has 0 saturated carbocycles. The first kappa shape index (κ1) is 22.0. The number of sulfonamides is 1. The Bertz CT molecular complexity index is 984. The summed E-state index contributed by atoms with van der Waals surface area (Å²) in [6, 6.07) is 14.8. The highest BCUT2D eigenvalue weighted by molar-refractivity contribution is 7.89. The number of para-hydroxylation sites is 1. The molecule has 2 aromatic rings. The van der Waals surface area contributed by atoms with Gasteiger partial charge in [-0.25, -0.2) is 13.2 Å². The predicted octanol–water partition coefficient (Wildman–Crippen LogP) is 3.07. The highest BCUT2D eigenvalue weighted by atomic mass is 32.2. The van der Waals surface area contributed by atoms with Crippen LogP contribution in [0.25, 0.3) is 0 Å². The molecule has 1 heterocycles. The molecule has 3 rings (SSSR count). The molecular weight excluding hydrogens is 404 g/mol. The van der Waals surface area contributed by atoms with Crippen LogP contribution in [-0.4, -0.2) is 50.3 Å². The first-order valence-corrected chi connectivity index (χ1v) is 11.5. The number of likely N-dealkylation sites (N-methyl/N-ethyl adjacent to an activating group) is 1. The highest BCUT2D eigenvalue weighted by Crippen LogP contribution is 2.21. The van der Waals surface area contributed by atoms with E-state index in [2.05, 4.69) is 0 Å². The van der Waals surface area contributed by atoms with Crippen molar-refractivity contribution in [2.45, 2.75) is 37.7 Å². The molecule has 0 aliphatic carbocycles. The van der Waals surface area contributed by atoms with Crippen LogP contribution >= 0.6 is 0 Å². The van der Waals surface area contributed by atoms with Gasteiger partial charge < -0.3 is 9.64 Å². The molecule has 7 nitrogen and oxygen atoms in total. The van der Waals surface area contributed by atoms with Gasteiger partial charge in [-0.15, -0.1) is 0 Å². The lowest BCUT2D eigenvalue weighted by atomic mass is 10.2. The number of carbonyl (C=O) groups is 2. The first-order chi connectivity index (χ1) is 14.3. The minimum absolute atomic E-state index is 0.145. The van der Waals surface area contributed by atoms with Crippen molar-refractivity contribution in [2.75, 3.05) is 24.5 Å². The van der Waals surface area contributed by atoms with Crippen LogP contribution < -0.4 is 4.90 Å². The number of carbonyl (C=O) groups excluding carboxylic acids is 2. The molecule has 0 unspecified atom stereocenters. The number of ether oxygens (including phenoxy) is 1. The molecule has 1 saturated heterocycles. The molecule has 0 bridgehead atoms. The molecule has 8 heteroatoms. The van der Waals surface area contributed by atoms with Gasteiger partial charge in [0.15, 0.2) is 6.10 Å². The zero-order valence-corrected chi connectivity index (χ0v) is 18.0. The second-order valence-corrected chi connectivity index (χ2v) is 9.04. The lowest BCUT2D eigenvalue weighted by Gasteiger charge is -2.24. The van der Waals surface area contributed by atoms with Crippen molar-refractivity contribution in [1.82, 2.24) is 4.31 Å². The second kappa shape index (κ2) is 9.40. The third kappa shape index (κ3) is 4.71. The SMILES string of the molecule is CCN(C(=O)[C@@H](C)OC(=O)c1ccc(S(=O)(=O)N2CCCC2)cc1)c1ccccc1. The molecule has 0 aromatic heterocycles. The van der Waals surface area contributed by atoms with E-state index in [1.54, 1.807) is 4.90 Å². The molecule has 30 heavy (non-hydrogen) atoms. The zero-order valence-electron chi connectivity index (χ0n) is 17.2. The van der Waals surface area contributed by atoms with Crippen LogP contribution in [0.2, 0.25) is 0 Å². The zero-order chi connectivity index (χ0) is 21.7. The van der Waals surface area contributed by atoms with Crippen molar-refractivity contribution in [2.24, 2.45) is 0 Å². The summed E-state index contributed by atoms with van der Waals surface area (Å²) in [5.41, 5.74) is 0.919. The van der Waals surface area contributed by atoms with Crippen LogP contribution in [0.4, 0.5) is 5.69 Å². The van der Waals surface area contributed by atoms with Gasteiger partial charge in [-0.1, -0.05) is 18.2 Å². The number of amides is 1. The van der Waals surface area contributed by atoms with Crippen LogP contribution in [0.15, 0.2) is 59.5 Å². The maximum atomic E-state index is 12.7. The molecule has 0 radical (unpaired) electrons. The van der Waals surface area contributed by atoms with Crippen molar-refractivity contribution in [3.8, 4) is 0 Å². The summed E-state index contributed by atoms with van der Waals surface area (Å²) < 4.78 is 32.0. The topological polar surface area (TPSA) is 84.0 Å². The number of benzene rings is 2. The summed E-state index contributed by atoms with van der Waals surface area (Å²) in [4.78, 5) is 26.9. The fourth-order valence-electron chi connectivity index (χ4n) is 3.41. The van der Waals surface area contributed by atoms with Gasteiger partial charge in [0.2, 0.25) is 10.0 Å². The summed E-state index contributed by atoms with van der Waals surface area (Å²) >= 11 is 0. The molecule has 1 amide bonds. The molecule has 2 aromatic carbocycles. The molecule has 160 valence electrons. The van der Waals surface area contributed by atoms with E-state index in [0.29, 0.717) is 19.6 Å². The Morgan fingerprint density at radius 1 is 1.03 bits per heavy atom. The average molecular weight is 431 g/mol. The highest BCUT2D eigenvalue weighted by Gasteiger charge is 2.28. The molecule has 0 spiro atoms. The van der Waals surface area contributed by atoms with Crippen LogP contribution in [0.5, 0.6) is 0 Å². The van der Waals surface area contributed by atoms with Crippen molar-refractivity contribution in [3.05, 3.63) is 60.2 Å². The van der Waals surface area contributed by atoms with E-state index in [4.69, 9.17) is 4.74 Å². The van der Waals surface area contributed by atoms with Gasteiger partial charge in [0.1, 0.15) is 0 Å². The van der Waals surface area contributed by atoms with Gasteiger partial charge in [0, 0.05) is 25.3 Å². The Kier molecular flexibility index (Phi) is 6.89. The van der Waals surface area contributed by atoms with Crippen LogP contribution in [0.1, 0.15) is 37.0 Å². The maximum Gasteiger partial charge on any atom is 0.338 e. The quantitative estimate of drug-likeness (QED) is 0.631. The van der Waals surface area contributed by atoms with Gasteiger partial charge in [0.25, 0.3) is 5.91 Å². The number of esters is 1. The Morgan fingerprint density at radius 3 is 2.20 bits per heavy atom. The van der Waals surface area contributed by atoms with Gasteiger partial charge >= 0.3 is 5.97 Å². The van der Waals surface area contributed by atoms with Crippen LogP contribution in [0.3, 0.4) is 0 Å². The fraction of sp³-hybridized carbons (Fsp3) is 0.364. The maximum absolute atomic E-state index is 12.7. The predicted molar refractivity (Wildman–Crippen MR) is 114 cm³/mol. The first-order valence-electron chi connectivity index (χ1n) is 10.0. The normalized spacial score (nSPS) is 15.5. The molecule has 1 aliphatic rings. The van der Waals surface area contributed by atoms with E-state index >= 15 is 0 Å². The summed E-state index contributed by atoms with van der Waals surface area (Å²) in [6.45, 7) is 4.84. The lowest BCUT2D eigenvalue weighted by Crippen LogP contribution is -2.40. The Morgan fingerprint density at radius 2 is 1.63 bits per heavy atom. The minimum Gasteiger partial charge on any atom is -0.449 e. The summed E-state index contributed by atoms with van der Waals surface area (Å²) in [5.74, 6) is -1.00. The standard InChI is InChI=1S/C22H26N2O5S/c1-3-24(19-9-5-4-6-10-19)21(25)17(2)29-22(26)18-11-13-20(14-12-18)30(27,28)23-15-7-8-16-23/h4-6,9-14,17H,3,7-8,15-16H2,1-2H3/t17-/m1/s1. The fourth-order valence-corrected chi connectivity index (χ4v) is 4.93. The van der Waals surface area contributed by atoms with Crippen molar-refractivity contribution in [3.63, 3.8) is 0 Å². The molecule has 1 atom stereocenters. The van der Waals surface area contributed by atoms with Crippen molar-refractivity contribution < 1.29 is 22.7 Å². The van der Waals surface area contributed by atoms with Crippen molar-refractivity contribution >= 4 is 27.6 Å². The Labute approximate surface area is 177 Å². The van der Waals surface area contributed by atoms with E-state index in [-0.39, 0.29) is 16.4 Å². The van der Waals surface area contributed by atoms with Crippen LogP contribution in [-0.2, 0) is 19.6 Å². The van der Waals surface area contributed by atoms with E-state index in [1.165, 1.54) is 35.5 Å². The molecule has 0 N–H and O–H groups in total. The lowest BCUT2D eigenvalue weighted by molar-refractivity contribution is -0.126. The Hall–Kier alpha value is -2.71. The number of rotatable bonds is 7. The number of anilines is 1. The Balaban J connectivity index is 1.67. The van der Waals surface area contributed by atoms with E-state index in [9.17, 15) is 18.0 Å². The molecule has 1 fully saturated rings. The smallest absolute Gasteiger partial charge is 0.338 e. The number of hydrogen-bond donors (Lipinski definition) is 0. The average Bonchev–Trinajstić information content (AvgIpc) is 3.31. The van der Waals surface area contributed by atoms with Crippen molar-refractivity contribution in [1.29, 1.82) is 0 Å². The van der Waals surface area contributed by atoms with Gasteiger partial charge in [-0.05, 0) is 63.1 Å². The molecular formula is C22H26N2O5S. The third-order valence-electron chi connectivity index (χ3n) is 5.07. The minimum atomic E-state index is -3.54.